The second kappa shape index (κ2) is 5.04. The molecule has 0 spiro atoms. The second-order valence-corrected chi connectivity index (χ2v) is 5.99. The standard InChI is InChI=1S/C15H19ClN2O/c1-11-10-12(11)15(19)18-8-6-17(7-9-18)14-5-3-2-4-13(14)16/h2-5,11-12H,6-10H2,1H3/t11-,12-/m1/s1. The van der Waals surface area contributed by atoms with Gasteiger partial charge in [-0.1, -0.05) is 30.7 Å². The Morgan fingerprint density at radius 3 is 2.42 bits per heavy atom. The number of anilines is 1. The average Bonchev–Trinajstić information content (AvgIpc) is 3.16. The monoisotopic (exact) mass is 278 g/mol. The number of piperazine rings is 1. The molecular weight excluding hydrogens is 260 g/mol. The summed E-state index contributed by atoms with van der Waals surface area (Å²) in [7, 11) is 0. The van der Waals surface area contributed by atoms with Crippen molar-refractivity contribution < 1.29 is 4.79 Å². The highest BCUT2D eigenvalue weighted by molar-refractivity contribution is 6.33. The Morgan fingerprint density at radius 1 is 1.21 bits per heavy atom. The first kappa shape index (κ1) is 12.8. The molecule has 102 valence electrons. The first-order valence-electron chi connectivity index (χ1n) is 6.95. The van der Waals surface area contributed by atoms with Crippen LogP contribution in [0.1, 0.15) is 13.3 Å². The van der Waals surface area contributed by atoms with Crippen molar-refractivity contribution in [3.05, 3.63) is 29.3 Å². The summed E-state index contributed by atoms with van der Waals surface area (Å²) in [6, 6.07) is 7.91. The topological polar surface area (TPSA) is 23.6 Å². The smallest absolute Gasteiger partial charge is 0.226 e. The largest absolute Gasteiger partial charge is 0.367 e. The Morgan fingerprint density at radius 2 is 1.84 bits per heavy atom. The van der Waals surface area contributed by atoms with Gasteiger partial charge in [-0.2, -0.15) is 0 Å². The number of hydrogen-bond acceptors (Lipinski definition) is 2. The molecule has 0 radical (unpaired) electrons. The van der Waals surface area contributed by atoms with Crippen LogP contribution in [0, 0.1) is 11.8 Å². The third-order valence-electron chi connectivity index (χ3n) is 4.21. The number of nitrogens with zero attached hydrogens (tertiary/aromatic N) is 2. The summed E-state index contributed by atoms with van der Waals surface area (Å²) in [6.45, 7) is 5.52. The van der Waals surface area contributed by atoms with Crippen molar-refractivity contribution in [2.24, 2.45) is 11.8 Å². The molecule has 1 aliphatic carbocycles. The lowest BCUT2D eigenvalue weighted by Gasteiger charge is -2.36. The van der Waals surface area contributed by atoms with Crippen LogP contribution in [-0.2, 0) is 4.79 Å². The van der Waals surface area contributed by atoms with Gasteiger partial charge >= 0.3 is 0 Å². The SMILES string of the molecule is C[C@@H]1C[C@H]1C(=O)N1CCN(c2ccccc2Cl)CC1. The molecular formula is C15H19ClN2O. The lowest BCUT2D eigenvalue weighted by molar-refractivity contribution is -0.133. The van der Waals surface area contributed by atoms with Crippen LogP contribution >= 0.6 is 11.6 Å². The fraction of sp³-hybridized carbons (Fsp3) is 0.533. The third-order valence-corrected chi connectivity index (χ3v) is 4.53. The molecule has 4 heteroatoms. The fourth-order valence-electron chi connectivity index (χ4n) is 2.78. The molecule has 2 fully saturated rings. The maximum atomic E-state index is 12.2. The first-order valence-corrected chi connectivity index (χ1v) is 7.33. The molecule has 2 aliphatic rings. The zero-order chi connectivity index (χ0) is 13.4. The average molecular weight is 279 g/mol. The first-order chi connectivity index (χ1) is 9.16. The molecule has 1 aliphatic heterocycles. The van der Waals surface area contributed by atoms with Crippen LogP contribution < -0.4 is 4.90 Å². The lowest BCUT2D eigenvalue weighted by Crippen LogP contribution is -2.49. The van der Waals surface area contributed by atoms with Crippen LogP contribution in [0.3, 0.4) is 0 Å². The van der Waals surface area contributed by atoms with Crippen molar-refractivity contribution in [3.8, 4) is 0 Å². The van der Waals surface area contributed by atoms with Gasteiger partial charge < -0.3 is 9.80 Å². The zero-order valence-corrected chi connectivity index (χ0v) is 11.9. The third kappa shape index (κ3) is 2.57. The minimum absolute atomic E-state index is 0.298. The van der Waals surface area contributed by atoms with E-state index in [-0.39, 0.29) is 0 Å². The molecule has 1 aromatic rings. The van der Waals surface area contributed by atoms with Crippen LogP contribution in [0.15, 0.2) is 24.3 Å². The number of carbonyl (C=O) groups is 1. The number of halogens is 1. The Labute approximate surface area is 119 Å². The van der Waals surface area contributed by atoms with Crippen LogP contribution in [0.5, 0.6) is 0 Å². The van der Waals surface area contributed by atoms with E-state index in [1.165, 1.54) is 0 Å². The van der Waals surface area contributed by atoms with Crippen LogP contribution in [-0.4, -0.2) is 37.0 Å². The minimum Gasteiger partial charge on any atom is -0.367 e. The van der Waals surface area contributed by atoms with Crippen LogP contribution in [0.4, 0.5) is 5.69 Å². The van der Waals surface area contributed by atoms with E-state index in [2.05, 4.69) is 11.8 Å². The normalized spacial score (nSPS) is 26.4. The Hall–Kier alpha value is -1.22. The van der Waals surface area contributed by atoms with E-state index in [9.17, 15) is 4.79 Å². The van der Waals surface area contributed by atoms with Crippen LogP contribution in [0.2, 0.25) is 5.02 Å². The summed E-state index contributed by atoms with van der Waals surface area (Å²) < 4.78 is 0. The van der Waals surface area contributed by atoms with Gasteiger partial charge in [-0.25, -0.2) is 0 Å². The van der Waals surface area contributed by atoms with E-state index < -0.39 is 0 Å². The molecule has 0 N–H and O–H groups in total. The number of amides is 1. The molecule has 1 saturated heterocycles. The number of carbonyl (C=O) groups excluding carboxylic acids is 1. The van der Waals surface area contributed by atoms with Gasteiger partial charge in [0.2, 0.25) is 5.91 Å². The summed E-state index contributed by atoms with van der Waals surface area (Å²) in [5.74, 6) is 1.24. The van der Waals surface area contributed by atoms with Crippen molar-refractivity contribution in [1.82, 2.24) is 4.90 Å². The van der Waals surface area contributed by atoms with E-state index in [1.807, 2.05) is 29.2 Å². The molecule has 3 rings (SSSR count). The van der Waals surface area contributed by atoms with Gasteiger partial charge in [0.15, 0.2) is 0 Å². The van der Waals surface area contributed by atoms with Crippen molar-refractivity contribution in [1.29, 1.82) is 0 Å². The molecule has 2 atom stereocenters. The summed E-state index contributed by atoms with van der Waals surface area (Å²) in [4.78, 5) is 16.4. The summed E-state index contributed by atoms with van der Waals surface area (Å²) in [5.41, 5.74) is 1.08. The van der Waals surface area contributed by atoms with Gasteiger partial charge in [-0.05, 0) is 24.5 Å². The van der Waals surface area contributed by atoms with Gasteiger partial charge in [-0.15, -0.1) is 0 Å². The Kier molecular flexibility index (Phi) is 3.40. The zero-order valence-electron chi connectivity index (χ0n) is 11.2. The molecule has 0 unspecified atom stereocenters. The number of rotatable bonds is 2. The Bertz CT molecular complexity index is 483. The van der Waals surface area contributed by atoms with Gasteiger partial charge in [0.05, 0.1) is 10.7 Å². The number of para-hydroxylation sites is 1. The molecule has 19 heavy (non-hydrogen) atoms. The highest BCUT2D eigenvalue weighted by Gasteiger charge is 2.41. The van der Waals surface area contributed by atoms with Gasteiger partial charge in [-0.3, -0.25) is 4.79 Å². The van der Waals surface area contributed by atoms with E-state index >= 15 is 0 Å². The Balaban J connectivity index is 1.60. The van der Waals surface area contributed by atoms with Crippen molar-refractivity contribution in [2.45, 2.75) is 13.3 Å². The molecule has 1 heterocycles. The van der Waals surface area contributed by atoms with Gasteiger partial charge in [0.25, 0.3) is 0 Å². The summed E-state index contributed by atoms with van der Waals surface area (Å²) in [5, 5.41) is 0.790. The molecule has 0 aromatic heterocycles. The molecule has 1 aromatic carbocycles. The highest BCUT2D eigenvalue weighted by Crippen LogP contribution is 2.39. The number of hydrogen-bond donors (Lipinski definition) is 0. The number of benzene rings is 1. The second-order valence-electron chi connectivity index (χ2n) is 5.58. The maximum Gasteiger partial charge on any atom is 0.226 e. The molecule has 3 nitrogen and oxygen atoms in total. The lowest BCUT2D eigenvalue weighted by atomic mass is 10.2. The van der Waals surface area contributed by atoms with E-state index in [0.717, 1.165) is 43.3 Å². The van der Waals surface area contributed by atoms with Crippen molar-refractivity contribution in [2.75, 3.05) is 31.1 Å². The van der Waals surface area contributed by atoms with E-state index in [0.29, 0.717) is 17.7 Å². The van der Waals surface area contributed by atoms with Crippen molar-refractivity contribution >= 4 is 23.2 Å². The fourth-order valence-corrected chi connectivity index (χ4v) is 3.03. The predicted molar refractivity (Wildman–Crippen MR) is 77.5 cm³/mol. The van der Waals surface area contributed by atoms with Gasteiger partial charge in [0.1, 0.15) is 0 Å². The quantitative estimate of drug-likeness (QED) is 0.830. The van der Waals surface area contributed by atoms with Crippen LogP contribution in [0.25, 0.3) is 0 Å². The summed E-state index contributed by atoms with van der Waals surface area (Å²) >= 11 is 6.21. The molecule has 1 amide bonds. The molecule has 1 saturated carbocycles. The molecule has 0 bridgehead atoms. The van der Waals surface area contributed by atoms with Crippen molar-refractivity contribution in [3.63, 3.8) is 0 Å². The maximum absolute atomic E-state index is 12.2. The minimum atomic E-state index is 0.298. The van der Waals surface area contributed by atoms with E-state index in [4.69, 9.17) is 11.6 Å². The van der Waals surface area contributed by atoms with E-state index in [1.54, 1.807) is 0 Å². The van der Waals surface area contributed by atoms with Gasteiger partial charge in [0, 0.05) is 32.1 Å². The highest BCUT2D eigenvalue weighted by atomic mass is 35.5. The predicted octanol–water partition coefficient (Wildman–Crippen LogP) is 2.64. The summed E-state index contributed by atoms with van der Waals surface area (Å²) in [6.07, 6.45) is 1.07.